The average molecular weight is 327 g/mol. The first-order valence-corrected chi connectivity index (χ1v) is 6.31. The van der Waals surface area contributed by atoms with E-state index in [0.29, 0.717) is 11.3 Å². The van der Waals surface area contributed by atoms with Crippen LogP contribution in [0, 0.1) is 0 Å². The summed E-state index contributed by atoms with van der Waals surface area (Å²) < 4.78 is 44.1. The number of carbonyl (C=O) groups excluding carboxylic acids is 1. The number of oxime groups is 1. The molecule has 2 aromatic rings. The summed E-state index contributed by atoms with van der Waals surface area (Å²) in [5, 5.41) is 6.60. The van der Waals surface area contributed by atoms with Crippen molar-refractivity contribution in [3.8, 4) is 5.75 Å². The van der Waals surface area contributed by atoms with Crippen molar-refractivity contribution in [2.24, 2.45) is 12.2 Å². The molecule has 1 aromatic heterocycles. The van der Waals surface area contributed by atoms with Crippen LogP contribution in [0.2, 0.25) is 0 Å². The molecule has 6 nitrogen and oxygen atoms in total. The van der Waals surface area contributed by atoms with Gasteiger partial charge >= 0.3 is 12.1 Å². The third-order valence-electron chi connectivity index (χ3n) is 2.77. The van der Waals surface area contributed by atoms with Gasteiger partial charge in [-0.05, 0) is 29.8 Å². The molecule has 0 fully saturated rings. The smallest absolute Gasteiger partial charge is 0.436 e. The van der Waals surface area contributed by atoms with Gasteiger partial charge in [0, 0.05) is 13.2 Å². The molecule has 0 saturated carbocycles. The lowest BCUT2D eigenvalue weighted by Crippen LogP contribution is -2.13. The minimum atomic E-state index is -4.75. The number of alkyl halides is 3. The zero-order valence-corrected chi connectivity index (χ0v) is 12.2. The van der Waals surface area contributed by atoms with Gasteiger partial charge in [0.25, 0.3) is 0 Å². The van der Waals surface area contributed by atoms with Gasteiger partial charge in [-0.3, -0.25) is 4.68 Å². The zero-order chi connectivity index (χ0) is 17.0. The maximum Gasteiger partial charge on any atom is 0.436 e. The van der Waals surface area contributed by atoms with Gasteiger partial charge in [0.1, 0.15) is 11.3 Å². The molecule has 1 heterocycles. The van der Waals surface area contributed by atoms with Crippen LogP contribution in [0.3, 0.4) is 0 Å². The summed E-state index contributed by atoms with van der Waals surface area (Å²) in [5.74, 6) is -0.612. The molecule has 9 heteroatoms. The normalized spacial score (nSPS) is 11.7. The Labute approximate surface area is 129 Å². The topological polar surface area (TPSA) is 65.7 Å². The van der Waals surface area contributed by atoms with Gasteiger partial charge in [-0.15, -0.1) is 0 Å². The van der Waals surface area contributed by atoms with E-state index in [1.807, 2.05) is 0 Å². The van der Waals surface area contributed by atoms with E-state index in [4.69, 9.17) is 4.74 Å². The van der Waals surface area contributed by atoms with Crippen LogP contribution in [-0.2, 0) is 18.1 Å². The van der Waals surface area contributed by atoms with E-state index in [0.717, 1.165) is 10.9 Å². The molecule has 0 aliphatic heterocycles. The first-order valence-electron chi connectivity index (χ1n) is 6.31. The SMILES string of the molecule is COc1ccc(/C=N/OC(=O)c2cn(C)nc2C(F)(F)F)cc1. The van der Waals surface area contributed by atoms with Crippen LogP contribution >= 0.6 is 0 Å². The van der Waals surface area contributed by atoms with Crippen LogP contribution in [0.15, 0.2) is 35.6 Å². The summed E-state index contributed by atoms with van der Waals surface area (Å²) in [5.41, 5.74) is -1.43. The molecule has 1 aromatic carbocycles. The predicted molar refractivity (Wildman–Crippen MR) is 74.2 cm³/mol. The second-order valence-electron chi connectivity index (χ2n) is 4.45. The Morgan fingerprint density at radius 1 is 1.30 bits per heavy atom. The lowest BCUT2D eigenvalue weighted by molar-refractivity contribution is -0.142. The van der Waals surface area contributed by atoms with E-state index in [1.54, 1.807) is 24.3 Å². The molecule has 23 heavy (non-hydrogen) atoms. The highest BCUT2D eigenvalue weighted by atomic mass is 19.4. The molecule has 0 radical (unpaired) electrons. The van der Waals surface area contributed by atoms with E-state index in [-0.39, 0.29) is 0 Å². The molecular weight excluding hydrogens is 315 g/mol. The summed E-state index contributed by atoms with van der Waals surface area (Å²) >= 11 is 0. The Bertz CT molecular complexity index is 721. The average Bonchev–Trinajstić information content (AvgIpc) is 2.90. The lowest BCUT2D eigenvalue weighted by Gasteiger charge is -2.03. The Morgan fingerprint density at radius 3 is 2.52 bits per heavy atom. The maximum atomic E-state index is 12.7. The number of rotatable bonds is 4. The first kappa shape index (κ1) is 16.5. The second-order valence-corrected chi connectivity index (χ2v) is 4.45. The molecule has 0 saturated heterocycles. The standard InChI is InChI=1S/C14H12F3N3O3/c1-20-8-11(12(19-20)14(15,16)17)13(21)23-18-7-9-3-5-10(22-2)6-4-9/h3-8H,1-2H3/b18-7+. The zero-order valence-electron chi connectivity index (χ0n) is 12.2. The van der Waals surface area contributed by atoms with E-state index in [9.17, 15) is 18.0 Å². The molecular formula is C14H12F3N3O3. The van der Waals surface area contributed by atoms with Crippen LogP contribution < -0.4 is 4.74 Å². The van der Waals surface area contributed by atoms with E-state index < -0.39 is 23.4 Å². The molecule has 0 aliphatic rings. The van der Waals surface area contributed by atoms with Gasteiger partial charge in [-0.1, -0.05) is 5.16 Å². The Kier molecular flexibility index (Phi) is 4.68. The second kappa shape index (κ2) is 6.51. The number of benzene rings is 1. The molecule has 0 spiro atoms. The number of carbonyl (C=O) groups is 1. The Morgan fingerprint density at radius 2 is 1.96 bits per heavy atom. The first-order chi connectivity index (χ1) is 10.8. The van der Waals surface area contributed by atoms with E-state index in [1.165, 1.54) is 20.4 Å². The van der Waals surface area contributed by atoms with Crippen molar-refractivity contribution in [1.29, 1.82) is 0 Å². The number of nitrogens with zero attached hydrogens (tertiary/aromatic N) is 3. The Balaban J connectivity index is 2.09. The van der Waals surface area contributed by atoms with Crippen LogP contribution in [0.4, 0.5) is 13.2 Å². The lowest BCUT2D eigenvalue weighted by atomic mass is 10.2. The summed E-state index contributed by atoms with van der Waals surface area (Å²) in [6.07, 6.45) is -2.63. The van der Waals surface area contributed by atoms with Crippen molar-refractivity contribution >= 4 is 12.2 Å². The number of ether oxygens (including phenoxy) is 1. The largest absolute Gasteiger partial charge is 0.497 e. The van der Waals surface area contributed by atoms with Crippen LogP contribution in [0.5, 0.6) is 5.75 Å². The molecule has 0 aliphatic carbocycles. The third kappa shape index (κ3) is 4.09. The molecule has 2 rings (SSSR count). The van der Waals surface area contributed by atoms with Crippen molar-refractivity contribution in [2.45, 2.75) is 6.18 Å². The summed E-state index contributed by atoms with van der Waals surface area (Å²) in [6, 6.07) is 6.60. The minimum absolute atomic E-state index is 0.584. The minimum Gasteiger partial charge on any atom is -0.497 e. The number of halogens is 3. The van der Waals surface area contributed by atoms with E-state index in [2.05, 4.69) is 15.1 Å². The monoisotopic (exact) mass is 327 g/mol. The van der Waals surface area contributed by atoms with Gasteiger partial charge in [0.15, 0.2) is 5.69 Å². The quantitative estimate of drug-likeness (QED) is 0.492. The highest BCUT2D eigenvalue weighted by Gasteiger charge is 2.39. The maximum absolute atomic E-state index is 12.7. The predicted octanol–water partition coefficient (Wildman–Crippen LogP) is 2.64. The van der Waals surface area contributed by atoms with Crippen molar-refractivity contribution in [3.63, 3.8) is 0 Å². The van der Waals surface area contributed by atoms with Crippen molar-refractivity contribution < 1.29 is 27.5 Å². The highest BCUT2D eigenvalue weighted by molar-refractivity contribution is 5.91. The fraction of sp³-hybridized carbons (Fsp3) is 0.214. The van der Waals surface area contributed by atoms with Gasteiger partial charge in [-0.2, -0.15) is 18.3 Å². The van der Waals surface area contributed by atoms with Gasteiger partial charge in [-0.25, -0.2) is 4.79 Å². The summed E-state index contributed by atoms with van der Waals surface area (Å²) in [4.78, 5) is 16.2. The van der Waals surface area contributed by atoms with Crippen molar-refractivity contribution in [2.75, 3.05) is 7.11 Å². The summed E-state index contributed by atoms with van der Waals surface area (Å²) in [6.45, 7) is 0. The fourth-order valence-electron chi connectivity index (χ4n) is 1.72. The number of aromatic nitrogens is 2. The molecule has 0 atom stereocenters. The Hall–Kier alpha value is -2.84. The van der Waals surface area contributed by atoms with Gasteiger partial charge in [0.05, 0.1) is 13.3 Å². The van der Waals surface area contributed by atoms with Crippen LogP contribution in [0.1, 0.15) is 21.6 Å². The molecule has 0 unspecified atom stereocenters. The number of aryl methyl sites for hydroxylation is 1. The molecule has 0 amide bonds. The number of hydrogen-bond acceptors (Lipinski definition) is 5. The molecule has 0 N–H and O–H groups in total. The number of methoxy groups -OCH3 is 1. The summed E-state index contributed by atoms with van der Waals surface area (Å²) in [7, 11) is 2.78. The van der Waals surface area contributed by atoms with Gasteiger partial charge in [0.2, 0.25) is 0 Å². The molecule has 122 valence electrons. The fourth-order valence-corrected chi connectivity index (χ4v) is 1.72. The van der Waals surface area contributed by atoms with Gasteiger partial charge < -0.3 is 9.57 Å². The van der Waals surface area contributed by atoms with Crippen molar-refractivity contribution in [1.82, 2.24) is 9.78 Å². The van der Waals surface area contributed by atoms with Crippen LogP contribution in [-0.4, -0.2) is 29.1 Å². The van der Waals surface area contributed by atoms with Crippen molar-refractivity contribution in [3.05, 3.63) is 47.3 Å². The molecule has 0 bridgehead atoms. The third-order valence-corrected chi connectivity index (χ3v) is 2.77. The highest BCUT2D eigenvalue weighted by Crippen LogP contribution is 2.30. The van der Waals surface area contributed by atoms with E-state index >= 15 is 0 Å². The number of hydrogen-bond donors (Lipinski definition) is 0. The van der Waals surface area contributed by atoms with Crippen LogP contribution in [0.25, 0.3) is 0 Å².